The number of rotatable bonds is 6. The number of likely N-dealkylation sites (tertiary alicyclic amines) is 1. The number of carbonyl (C=O) groups excluding carboxylic acids is 1. The maximum Gasteiger partial charge on any atom is 0.249 e. The van der Waals surface area contributed by atoms with Gasteiger partial charge in [0.1, 0.15) is 17.5 Å². The van der Waals surface area contributed by atoms with Crippen LogP contribution in [0.4, 0.5) is 0 Å². The first-order chi connectivity index (χ1) is 14.1. The van der Waals surface area contributed by atoms with Crippen molar-refractivity contribution in [1.29, 1.82) is 0 Å². The molecule has 150 valence electrons. The minimum Gasteiger partial charge on any atom is -0.497 e. The van der Waals surface area contributed by atoms with Crippen molar-refractivity contribution < 1.29 is 18.8 Å². The Morgan fingerprint density at radius 2 is 1.90 bits per heavy atom. The van der Waals surface area contributed by atoms with Gasteiger partial charge in [0.15, 0.2) is 0 Å². The van der Waals surface area contributed by atoms with Gasteiger partial charge < -0.3 is 18.9 Å². The van der Waals surface area contributed by atoms with Crippen molar-refractivity contribution in [3.8, 4) is 22.9 Å². The largest absolute Gasteiger partial charge is 0.497 e. The number of ether oxygens (including phenoxy) is 2. The topological polar surface area (TPSA) is 77.7 Å². The van der Waals surface area contributed by atoms with Gasteiger partial charge in [-0.05, 0) is 31.0 Å². The van der Waals surface area contributed by atoms with Crippen LogP contribution < -0.4 is 9.47 Å². The molecule has 1 aliphatic heterocycles. The zero-order chi connectivity index (χ0) is 20.4. The second-order valence-corrected chi connectivity index (χ2v) is 7.12. The van der Waals surface area contributed by atoms with E-state index in [1.165, 1.54) is 0 Å². The van der Waals surface area contributed by atoms with E-state index in [-0.39, 0.29) is 11.9 Å². The molecule has 0 aliphatic carbocycles. The monoisotopic (exact) mass is 393 g/mol. The number of methoxy groups -OCH3 is 2. The Hall–Kier alpha value is -3.35. The van der Waals surface area contributed by atoms with Crippen LogP contribution in [0.25, 0.3) is 11.4 Å². The van der Waals surface area contributed by atoms with Crippen molar-refractivity contribution in [3.05, 3.63) is 59.5 Å². The van der Waals surface area contributed by atoms with Crippen LogP contribution in [0.5, 0.6) is 11.5 Å². The highest BCUT2D eigenvalue weighted by Gasteiger charge is 2.36. The smallest absolute Gasteiger partial charge is 0.249 e. The Labute approximate surface area is 169 Å². The van der Waals surface area contributed by atoms with Gasteiger partial charge in [0.05, 0.1) is 14.2 Å². The van der Waals surface area contributed by atoms with E-state index in [0.717, 1.165) is 16.7 Å². The van der Waals surface area contributed by atoms with E-state index >= 15 is 0 Å². The second kappa shape index (κ2) is 7.95. The average Bonchev–Trinajstić information content (AvgIpc) is 3.35. The minimum absolute atomic E-state index is 0.0966. The van der Waals surface area contributed by atoms with Gasteiger partial charge in [0.2, 0.25) is 17.6 Å². The number of nitrogens with zero attached hydrogens (tertiary/aromatic N) is 3. The van der Waals surface area contributed by atoms with Crippen LogP contribution in [0.1, 0.15) is 35.9 Å². The molecule has 1 aliphatic rings. The van der Waals surface area contributed by atoms with E-state index < -0.39 is 0 Å². The van der Waals surface area contributed by atoms with Crippen LogP contribution in [0.2, 0.25) is 0 Å². The lowest BCUT2D eigenvalue weighted by Gasteiger charge is -2.22. The number of amides is 1. The summed E-state index contributed by atoms with van der Waals surface area (Å²) in [4.78, 5) is 18.9. The van der Waals surface area contributed by atoms with Crippen LogP contribution in [-0.2, 0) is 11.3 Å². The number of carbonyl (C=O) groups is 1. The van der Waals surface area contributed by atoms with Crippen molar-refractivity contribution in [2.75, 3.05) is 14.2 Å². The molecule has 0 saturated carbocycles. The van der Waals surface area contributed by atoms with Crippen LogP contribution >= 0.6 is 0 Å². The van der Waals surface area contributed by atoms with Gasteiger partial charge in [-0.25, -0.2) is 0 Å². The van der Waals surface area contributed by atoms with E-state index in [0.29, 0.717) is 42.6 Å². The molecular weight excluding hydrogens is 370 g/mol. The molecule has 0 bridgehead atoms. The maximum atomic E-state index is 12.5. The van der Waals surface area contributed by atoms with Crippen molar-refractivity contribution in [1.82, 2.24) is 15.0 Å². The summed E-state index contributed by atoms with van der Waals surface area (Å²) in [7, 11) is 3.18. The number of aromatic nitrogens is 2. The molecule has 7 heteroatoms. The van der Waals surface area contributed by atoms with Crippen LogP contribution in [0.3, 0.4) is 0 Å². The molecule has 1 atom stereocenters. The van der Waals surface area contributed by atoms with Gasteiger partial charge >= 0.3 is 0 Å². The third-order valence-corrected chi connectivity index (χ3v) is 5.10. The van der Waals surface area contributed by atoms with Crippen LogP contribution in [0.15, 0.2) is 47.0 Å². The summed E-state index contributed by atoms with van der Waals surface area (Å²) in [5.41, 5.74) is 2.98. The molecule has 1 fully saturated rings. The molecule has 29 heavy (non-hydrogen) atoms. The lowest BCUT2D eigenvalue weighted by atomic mass is 10.1. The lowest BCUT2D eigenvalue weighted by molar-refractivity contribution is -0.130. The number of hydrogen-bond donors (Lipinski definition) is 0. The van der Waals surface area contributed by atoms with Gasteiger partial charge in [0, 0.05) is 24.6 Å². The molecule has 3 aromatic rings. The summed E-state index contributed by atoms with van der Waals surface area (Å²) in [6, 6.07) is 13.4. The summed E-state index contributed by atoms with van der Waals surface area (Å²) in [5, 5.41) is 4.13. The highest BCUT2D eigenvalue weighted by molar-refractivity contribution is 5.79. The Morgan fingerprint density at radius 1 is 1.14 bits per heavy atom. The van der Waals surface area contributed by atoms with Gasteiger partial charge in [-0.2, -0.15) is 4.98 Å². The number of aryl methyl sites for hydroxylation is 1. The van der Waals surface area contributed by atoms with Gasteiger partial charge in [-0.3, -0.25) is 4.79 Å². The highest BCUT2D eigenvalue weighted by Crippen LogP contribution is 2.35. The molecule has 0 N–H and O–H groups in total. The minimum atomic E-state index is -0.225. The predicted octanol–water partition coefficient (Wildman–Crippen LogP) is 3.93. The maximum absolute atomic E-state index is 12.5. The van der Waals surface area contributed by atoms with Crippen LogP contribution in [0, 0.1) is 6.92 Å². The summed E-state index contributed by atoms with van der Waals surface area (Å²) in [6.07, 6.45) is 1.13. The zero-order valence-corrected chi connectivity index (χ0v) is 16.7. The Morgan fingerprint density at radius 3 is 2.59 bits per heavy atom. The molecule has 2 heterocycles. The molecule has 2 aromatic carbocycles. The van der Waals surface area contributed by atoms with Crippen molar-refractivity contribution in [2.24, 2.45) is 0 Å². The molecule has 1 saturated heterocycles. The number of benzene rings is 2. The third kappa shape index (κ3) is 3.94. The second-order valence-electron chi connectivity index (χ2n) is 7.12. The molecule has 0 spiro atoms. The van der Waals surface area contributed by atoms with Crippen molar-refractivity contribution in [2.45, 2.75) is 32.4 Å². The van der Waals surface area contributed by atoms with E-state index in [1.807, 2.05) is 42.2 Å². The number of hydrogen-bond acceptors (Lipinski definition) is 6. The highest BCUT2D eigenvalue weighted by atomic mass is 16.5. The van der Waals surface area contributed by atoms with Gasteiger partial charge in [0.25, 0.3) is 0 Å². The van der Waals surface area contributed by atoms with Gasteiger partial charge in [-0.1, -0.05) is 35.0 Å². The normalized spacial score (nSPS) is 16.3. The molecule has 1 amide bonds. The predicted molar refractivity (Wildman–Crippen MR) is 107 cm³/mol. The third-order valence-electron chi connectivity index (χ3n) is 5.10. The molecule has 0 radical (unpaired) electrons. The Bertz CT molecular complexity index is 1010. The standard InChI is InChI=1S/C22H23N3O4/c1-14-5-4-6-15(9-14)13-25-19(7-8-20(25)26)22-23-21(24-29-22)16-10-17(27-2)12-18(11-16)28-3/h4-6,9-12,19H,7-8,13H2,1-3H3. The Kier molecular flexibility index (Phi) is 5.20. The van der Waals surface area contributed by atoms with Crippen molar-refractivity contribution >= 4 is 5.91 Å². The van der Waals surface area contributed by atoms with E-state index in [4.69, 9.17) is 14.0 Å². The molecule has 1 unspecified atom stereocenters. The average molecular weight is 393 g/mol. The zero-order valence-electron chi connectivity index (χ0n) is 16.7. The molecule has 7 nitrogen and oxygen atoms in total. The fourth-order valence-electron chi connectivity index (χ4n) is 3.62. The SMILES string of the molecule is COc1cc(OC)cc(-c2noc(C3CCC(=O)N3Cc3cccc(C)c3)n2)c1. The molecule has 1 aromatic heterocycles. The first kappa shape index (κ1) is 19.0. The lowest BCUT2D eigenvalue weighted by Crippen LogP contribution is -2.27. The van der Waals surface area contributed by atoms with E-state index in [2.05, 4.69) is 16.2 Å². The van der Waals surface area contributed by atoms with Crippen molar-refractivity contribution in [3.63, 3.8) is 0 Å². The fourth-order valence-corrected chi connectivity index (χ4v) is 3.62. The summed E-state index contributed by atoms with van der Waals surface area (Å²) >= 11 is 0. The van der Waals surface area contributed by atoms with Crippen LogP contribution in [-0.4, -0.2) is 35.2 Å². The fraction of sp³-hybridized carbons (Fsp3) is 0.318. The van der Waals surface area contributed by atoms with E-state index in [1.54, 1.807) is 20.3 Å². The molecule has 4 rings (SSSR count). The summed E-state index contributed by atoms with van der Waals surface area (Å²) in [6.45, 7) is 2.56. The quantitative estimate of drug-likeness (QED) is 0.632. The Balaban J connectivity index is 1.60. The van der Waals surface area contributed by atoms with E-state index in [9.17, 15) is 4.79 Å². The summed E-state index contributed by atoms with van der Waals surface area (Å²) < 4.78 is 16.2. The summed E-state index contributed by atoms with van der Waals surface area (Å²) in [5.74, 6) is 2.26. The molecular formula is C22H23N3O4. The first-order valence-electron chi connectivity index (χ1n) is 9.49. The van der Waals surface area contributed by atoms with Gasteiger partial charge in [-0.15, -0.1) is 0 Å². The first-order valence-corrected chi connectivity index (χ1v) is 9.49.